The average Bonchev–Trinajstić information content (AvgIpc) is 2.54. The predicted octanol–water partition coefficient (Wildman–Crippen LogP) is 3.75. The number of methoxy groups -OCH3 is 1. The van der Waals surface area contributed by atoms with Crippen molar-refractivity contribution < 1.29 is 9.53 Å². The van der Waals surface area contributed by atoms with E-state index in [4.69, 9.17) is 16.3 Å². The Labute approximate surface area is 155 Å². The molecule has 1 aromatic heterocycles. The molecule has 130 valence electrons. The molecule has 2 aromatic rings. The molecule has 8 heteroatoms. The highest BCUT2D eigenvalue weighted by Crippen LogP contribution is 2.30. The minimum absolute atomic E-state index is 0.247. The largest absolute Gasteiger partial charge is 0.495 e. The fraction of sp³-hybridized carbons (Fsp3) is 0.294. The van der Waals surface area contributed by atoms with E-state index in [0.717, 1.165) is 0 Å². The van der Waals surface area contributed by atoms with Crippen LogP contribution >= 0.6 is 23.4 Å². The van der Waals surface area contributed by atoms with Crippen LogP contribution in [0, 0.1) is 25.2 Å². The Hall–Kier alpha value is -2.30. The van der Waals surface area contributed by atoms with Gasteiger partial charge in [0.1, 0.15) is 28.2 Å². The number of nitrogens with zero attached hydrogens (tertiary/aromatic N) is 3. The van der Waals surface area contributed by atoms with E-state index in [1.165, 1.54) is 18.9 Å². The molecule has 0 bridgehead atoms. The Balaban J connectivity index is 2.20. The van der Waals surface area contributed by atoms with Gasteiger partial charge in [-0.25, -0.2) is 9.97 Å². The first-order chi connectivity index (χ1) is 11.8. The monoisotopic (exact) mass is 376 g/mol. The maximum atomic E-state index is 12.5. The van der Waals surface area contributed by atoms with Crippen molar-refractivity contribution in [1.29, 1.82) is 5.26 Å². The number of aryl methyl sites for hydroxylation is 2. The van der Waals surface area contributed by atoms with Gasteiger partial charge in [0, 0.05) is 5.02 Å². The molecule has 2 rings (SSSR count). The summed E-state index contributed by atoms with van der Waals surface area (Å²) in [4.78, 5) is 21.0. The quantitative estimate of drug-likeness (QED) is 0.631. The number of aromatic nitrogens is 2. The van der Waals surface area contributed by atoms with Crippen molar-refractivity contribution in [3.63, 3.8) is 0 Å². The molecule has 1 N–H and O–H groups in total. The first-order valence-electron chi connectivity index (χ1n) is 7.42. The van der Waals surface area contributed by atoms with E-state index in [1.54, 1.807) is 39.0 Å². The Morgan fingerprint density at radius 1 is 1.40 bits per heavy atom. The number of nitrogens with one attached hydrogen (secondary N) is 1. The second-order valence-corrected chi connectivity index (χ2v) is 7.01. The standard InChI is InChI=1S/C17H17ClN4O2S/c1-9-13(8-19)17(21-11(3)20-9)25-10(2)16(23)22-14-7-12(18)5-6-15(14)24-4/h5-7,10H,1-4H3,(H,22,23). The van der Waals surface area contributed by atoms with Gasteiger partial charge in [-0.2, -0.15) is 5.26 Å². The number of halogens is 1. The van der Waals surface area contributed by atoms with Gasteiger partial charge in [-0.05, 0) is 39.0 Å². The van der Waals surface area contributed by atoms with Crippen molar-refractivity contribution >= 4 is 35.0 Å². The van der Waals surface area contributed by atoms with Crippen molar-refractivity contribution in [3.05, 3.63) is 40.3 Å². The molecule has 25 heavy (non-hydrogen) atoms. The molecule has 1 unspecified atom stereocenters. The van der Waals surface area contributed by atoms with Gasteiger partial charge in [-0.1, -0.05) is 23.4 Å². The van der Waals surface area contributed by atoms with Gasteiger partial charge < -0.3 is 10.1 Å². The van der Waals surface area contributed by atoms with Crippen LogP contribution in [0.1, 0.15) is 24.0 Å². The van der Waals surface area contributed by atoms with Crippen LogP contribution < -0.4 is 10.1 Å². The number of carbonyl (C=O) groups excluding carboxylic acids is 1. The number of anilines is 1. The van der Waals surface area contributed by atoms with Gasteiger partial charge in [0.05, 0.1) is 23.7 Å². The summed E-state index contributed by atoms with van der Waals surface area (Å²) in [5.74, 6) is 0.827. The zero-order chi connectivity index (χ0) is 18.6. The molecule has 0 saturated carbocycles. The molecule has 0 radical (unpaired) electrons. The second kappa shape index (κ2) is 8.19. The van der Waals surface area contributed by atoms with E-state index >= 15 is 0 Å². The number of hydrogen-bond acceptors (Lipinski definition) is 6. The van der Waals surface area contributed by atoms with Crippen molar-refractivity contribution in [2.24, 2.45) is 0 Å². The first kappa shape index (κ1) is 19.0. The number of ether oxygens (including phenoxy) is 1. The Morgan fingerprint density at radius 2 is 2.12 bits per heavy atom. The summed E-state index contributed by atoms with van der Waals surface area (Å²) < 4.78 is 5.22. The molecule has 1 aromatic carbocycles. The Kier molecular flexibility index (Phi) is 6.23. The van der Waals surface area contributed by atoms with E-state index in [1.807, 2.05) is 0 Å². The summed E-state index contributed by atoms with van der Waals surface area (Å²) in [6.07, 6.45) is 0. The van der Waals surface area contributed by atoms with Crippen LogP contribution in [0.25, 0.3) is 0 Å². The summed E-state index contributed by atoms with van der Waals surface area (Å²) in [7, 11) is 1.52. The van der Waals surface area contributed by atoms with E-state index in [-0.39, 0.29) is 5.91 Å². The summed E-state index contributed by atoms with van der Waals surface area (Å²) >= 11 is 7.18. The highest BCUT2D eigenvalue weighted by molar-refractivity contribution is 8.00. The molecule has 0 saturated heterocycles. The van der Waals surface area contributed by atoms with Crippen molar-refractivity contribution in [3.8, 4) is 11.8 Å². The van der Waals surface area contributed by atoms with Gasteiger partial charge in [0.15, 0.2) is 0 Å². The van der Waals surface area contributed by atoms with Crippen LogP contribution in [0.3, 0.4) is 0 Å². The number of benzene rings is 1. The number of amides is 1. The molecule has 0 spiro atoms. The smallest absolute Gasteiger partial charge is 0.237 e. The Bertz CT molecular complexity index is 851. The lowest BCUT2D eigenvalue weighted by Crippen LogP contribution is -2.23. The lowest BCUT2D eigenvalue weighted by molar-refractivity contribution is -0.115. The molecule has 0 aliphatic carbocycles. The van der Waals surface area contributed by atoms with E-state index in [0.29, 0.717) is 38.6 Å². The van der Waals surface area contributed by atoms with Crippen LogP contribution in [0.4, 0.5) is 5.69 Å². The molecule has 0 aliphatic heterocycles. The second-order valence-electron chi connectivity index (χ2n) is 5.24. The zero-order valence-corrected chi connectivity index (χ0v) is 15.8. The van der Waals surface area contributed by atoms with E-state index in [2.05, 4.69) is 21.4 Å². The number of nitriles is 1. The summed E-state index contributed by atoms with van der Waals surface area (Å²) in [6.45, 7) is 5.24. The van der Waals surface area contributed by atoms with E-state index in [9.17, 15) is 10.1 Å². The molecule has 1 atom stereocenters. The SMILES string of the molecule is COc1ccc(Cl)cc1NC(=O)C(C)Sc1nc(C)nc(C)c1C#N. The normalized spacial score (nSPS) is 11.5. The lowest BCUT2D eigenvalue weighted by Gasteiger charge is -2.15. The van der Waals surface area contributed by atoms with Gasteiger partial charge >= 0.3 is 0 Å². The summed E-state index contributed by atoms with van der Waals surface area (Å²) in [6, 6.07) is 7.08. The fourth-order valence-corrected chi connectivity index (χ4v) is 3.30. The van der Waals surface area contributed by atoms with E-state index < -0.39 is 5.25 Å². The van der Waals surface area contributed by atoms with Crippen LogP contribution in [0.5, 0.6) is 5.75 Å². The van der Waals surface area contributed by atoms with Crippen LogP contribution in [0.15, 0.2) is 23.2 Å². The summed E-state index contributed by atoms with van der Waals surface area (Å²) in [5.41, 5.74) is 1.47. The van der Waals surface area contributed by atoms with Crippen molar-refractivity contribution in [2.75, 3.05) is 12.4 Å². The van der Waals surface area contributed by atoms with Gasteiger partial charge in [-0.3, -0.25) is 4.79 Å². The maximum absolute atomic E-state index is 12.5. The zero-order valence-electron chi connectivity index (χ0n) is 14.3. The maximum Gasteiger partial charge on any atom is 0.237 e. The number of rotatable bonds is 5. The summed E-state index contributed by atoms with van der Waals surface area (Å²) in [5, 5.41) is 12.6. The molecule has 0 aliphatic rings. The van der Waals surface area contributed by atoms with Gasteiger partial charge in [-0.15, -0.1) is 0 Å². The van der Waals surface area contributed by atoms with Crippen LogP contribution in [0.2, 0.25) is 5.02 Å². The third kappa shape index (κ3) is 4.62. The highest BCUT2D eigenvalue weighted by Gasteiger charge is 2.20. The Morgan fingerprint density at radius 3 is 2.76 bits per heavy atom. The van der Waals surface area contributed by atoms with Crippen LogP contribution in [-0.2, 0) is 4.79 Å². The fourth-order valence-electron chi connectivity index (χ4n) is 2.13. The topological polar surface area (TPSA) is 87.9 Å². The molecule has 6 nitrogen and oxygen atoms in total. The highest BCUT2D eigenvalue weighted by atomic mass is 35.5. The third-order valence-corrected chi connectivity index (χ3v) is 4.68. The number of thioether (sulfide) groups is 1. The lowest BCUT2D eigenvalue weighted by atomic mass is 10.2. The average molecular weight is 377 g/mol. The minimum atomic E-state index is -0.482. The minimum Gasteiger partial charge on any atom is -0.495 e. The molecule has 0 fully saturated rings. The molecular weight excluding hydrogens is 360 g/mol. The van der Waals surface area contributed by atoms with Gasteiger partial charge in [0.25, 0.3) is 0 Å². The van der Waals surface area contributed by atoms with Crippen LogP contribution in [-0.4, -0.2) is 28.2 Å². The van der Waals surface area contributed by atoms with Crippen molar-refractivity contribution in [2.45, 2.75) is 31.0 Å². The van der Waals surface area contributed by atoms with Gasteiger partial charge in [0.2, 0.25) is 5.91 Å². The molecule has 1 amide bonds. The number of carbonyl (C=O) groups is 1. The predicted molar refractivity (Wildman–Crippen MR) is 98.2 cm³/mol. The number of hydrogen-bond donors (Lipinski definition) is 1. The third-order valence-electron chi connectivity index (χ3n) is 3.36. The molecular formula is C17H17ClN4O2S. The van der Waals surface area contributed by atoms with Crippen molar-refractivity contribution in [1.82, 2.24) is 9.97 Å². The first-order valence-corrected chi connectivity index (χ1v) is 8.68. The molecule has 1 heterocycles.